The van der Waals surface area contributed by atoms with Crippen molar-refractivity contribution in [1.29, 1.82) is 0 Å². The predicted octanol–water partition coefficient (Wildman–Crippen LogP) is 2.35. The van der Waals surface area contributed by atoms with Crippen LogP contribution in [0.4, 0.5) is 5.13 Å². The van der Waals surface area contributed by atoms with Gasteiger partial charge in [-0.2, -0.15) is 0 Å². The van der Waals surface area contributed by atoms with E-state index in [0.717, 1.165) is 21.5 Å². The molecule has 0 atom stereocenters. The number of hydrogen-bond acceptors (Lipinski definition) is 5. The van der Waals surface area contributed by atoms with E-state index in [4.69, 9.17) is 5.73 Å². The van der Waals surface area contributed by atoms with E-state index in [1.54, 1.807) is 6.20 Å². The molecule has 3 aromatic rings. The Bertz CT molecular complexity index is 674. The molecule has 7 heteroatoms. The first-order valence-electron chi connectivity index (χ1n) is 4.91. The van der Waals surface area contributed by atoms with Crippen LogP contribution in [0.25, 0.3) is 11.2 Å². The molecule has 0 aromatic carbocycles. The summed E-state index contributed by atoms with van der Waals surface area (Å²) in [7, 11) is 0. The molecular formula is C10H8BrN5S. The molecule has 0 fully saturated rings. The highest BCUT2D eigenvalue weighted by atomic mass is 79.9. The number of aromatic amines is 1. The number of nitrogen functional groups attached to an aromatic ring is 1. The van der Waals surface area contributed by atoms with Gasteiger partial charge in [-0.25, -0.2) is 15.0 Å². The third-order valence-electron chi connectivity index (χ3n) is 2.27. The van der Waals surface area contributed by atoms with Crippen LogP contribution in [0.2, 0.25) is 0 Å². The van der Waals surface area contributed by atoms with Gasteiger partial charge in [-0.3, -0.25) is 0 Å². The topological polar surface area (TPSA) is 80.5 Å². The summed E-state index contributed by atoms with van der Waals surface area (Å²) in [5, 5.41) is 2.52. The maximum absolute atomic E-state index is 5.59. The van der Waals surface area contributed by atoms with Crippen molar-refractivity contribution < 1.29 is 0 Å². The highest BCUT2D eigenvalue weighted by Crippen LogP contribution is 2.18. The number of anilines is 1. The zero-order valence-corrected chi connectivity index (χ0v) is 11.0. The zero-order chi connectivity index (χ0) is 11.8. The Labute approximate surface area is 109 Å². The number of thiazole rings is 1. The number of nitrogens with two attached hydrogens (primary N) is 1. The van der Waals surface area contributed by atoms with Crippen LogP contribution in [0.1, 0.15) is 11.5 Å². The second-order valence-corrected chi connectivity index (χ2v) is 5.37. The van der Waals surface area contributed by atoms with Crippen LogP contribution in [0.3, 0.4) is 0 Å². The average molecular weight is 310 g/mol. The Balaban J connectivity index is 1.95. The fourth-order valence-corrected chi connectivity index (χ4v) is 2.48. The standard InChI is InChI=1S/C10H8BrN5S/c11-5-1-7-9(13-3-5)16-8(15-7)2-6-4-17-10(12)14-6/h1,3-4H,2H2,(H2,12,14)(H,13,15,16). The van der Waals surface area contributed by atoms with Gasteiger partial charge < -0.3 is 10.7 Å². The molecular weight excluding hydrogens is 302 g/mol. The monoisotopic (exact) mass is 309 g/mol. The lowest BCUT2D eigenvalue weighted by Gasteiger charge is -1.90. The molecule has 0 amide bonds. The minimum atomic E-state index is 0.581. The summed E-state index contributed by atoms with van der Waals surface area (Å²) < 4.78 is 0.929. The quantitative estimate of drug-likeness (QED) is 0.761. The van der Waals surface area contributed by atoms with E-state index in [0.29, 0.717) is 17.2 Å². The Hall–Kier alpha value is -1.47. The minimum absolute atomic E-state index is 0.581. The lowest BCUT2D eigenvalue weighted by molar-refractivity contribution is 1.000. The fraction of sp³-hybridized carbons (Fsp3) is 0.100. The summed E-state index contributed by atoms with van der Waals surface area (Å²) in [5.74, 6) is 0.843. The van der Waals surface area contributed by atoms with Gasteiger partial charge in [0.2, 0.25) is 0 Å². The number of halogens is 1. The molecule has 0 spiro atoms. The second-order valence-electron chi connectivity index (χ2n) is 3.56. The third-order valence-corrected chi connectivity index (χ3v) is 3.43. The van der Waals surface area contributed by atoms with E-state index in [9.17, 15) is 0 Å². The molecule has 0 saturated heterocycles. The number of nitrogens with one attached hydrogen (secondary N) is 1. The van der Waals surface area contributed by atoms with Gasteiger partial charge in [0, 0.05) is 22.5 Å². The Morgan fingerprint density at radius 2 is 2.29 bits per heavy atom. The van der Waals surface area contributed by atoms with Gasteiger partial charge in [-0.05, 0) is 22.0 Å². The maximum atomic E-state index is 5.59. The Morgan fingerprint density at radius 3 is 3.06 bits per heavy atom. The van der Waals surface area contributed by atoms with E-state index in [1.165, 1.54) is 11.3 Å². The van der Waals surface area contributed by atoms with Gasteiger partial charge in [0.15, 0.2) is 10.8 Å². The molecule has 3 rings (SSSR count). The largest absolute Gasteiger partial charge is 0.375 e. The van der Waals surface area contributed by atoms with Crippen molar-refractivity contribution in [2.45, 2.75) is 6.42 Å². The summed E-state index contributed by atoms with van der Waals surface area (Å²) in [6, 6.07) is 1.95. The summed E-state index contributed by atoms with van der Waals surface area (Å²) in [4.78, 5) is 16.0. The van der Waals surface area contributed by atoms with Gasteiger partial charge in [0.25, 0.3) is 0 Å². The van der Waals surface area contributed by atoms with E-state index in [2.05, 4.69) is 35.9 Å². The average Bonchev–Trinajstić information content (AvgIpc) is 2.84. The van der Waals surface area contributed by atoms with E-state index in [-0.39, 0.29) is 0 Å². The van der Waals surface area contributed by atoms with Crippen LogP contribution in [0.5, 0.6) is 0 Å². The van der Waals surface area contributed by atoms with Gasteiger partial charge in [-0.15, -0.1) is 11.3 Å². The van der Waals surface area contributed by atoms with Crippen molar-refractivity contribution in [2.75, 3.05) is 5.73 Å². The van der Waals surface area contributed by atoms with E-state index in [1.807, 2.05) is 11.4 Å². The zero-order valence-electron chi connectivity index (χ0n) is 8.64. The molecule has 3 heterocycles. The smallest absolute Gasteiger partial charge is 0.180 e. The number of nitrogens with zero attached hydrogens (tertiary/aromatic N) is 3. The number of pyridine rings is 1. The summed E-state index contributed by atoms with van der Waals surface area (Å²) in [6.45, 7) is 0. The van der Waals surface area contributed by atoms with E-state index < -0.39 is 0 Å². The summed E-state index contributed by atoms with van der Waals surface area (Å²) >= 11 is 4.81. The van der Waals surface area contributed by atoms with Gasteiger partial charge >= 0.3 is 0 Å². The second kappa shape index (κ2) is 4.08. The number of imidazole rings is 1. The van der Waals surface area contributed by atoms with Crippen molar-refractivity contribution in [3.8, 4) is 0 Å². The first kappa shape index (κ1) is 10.7. The molecule has 0 aliphatic rings. The van der Waals surface area contributed by atoms with Crippen molar-refractivity contribution in [1.82, 2.24) is 19.9 Å². The molecule has 0 aliphatic carbocycles. The number of H-pyrrole nitrogens is 1. The van der Waals surface area contributed by atoms with Crippen molar-refractivity contribution in [3.05, 3.63) is 33.6 Å². The highest BCUT2D eigenvalue weighted by Gasteiger charge is 2.07. The SMILES string of the molecule is Nc1nc(Cc2nc3ncc(Br)cc3[nH]2)cs1. The molecule has 0 radical (unpaired) electrons. The maximum Gasteiger partial charge on any atom is 0.180 e. The van der Waals surface area contributed by atoms with Crippen molar-refractivity contribution in [3.63, 3.8) is 0 Å². The Morgan fingerprint density at radius 1 is 1.41 bits per heavy atom. The van der Waals surface area contributed by atoms with Crippen LogP contribution in [-0.4, -0.2) is 19.9 Å². The molecule has 17 heavy (non-hydrogen) atoms. The highest BCUT2D eigenvalue weighted by molar-refractivity contribution is 9.10. The number of rotatable bonds is 2. The molecule has 86 valence electrons. The Kier molecular flexibility index (Phi) is 2.56. The predicted molar refractivity (Wildman–Crippen MR) is 70.9 cm³/mol. The van der Waals surface area contributed by atoms with E-state index >= 15 is 0 Å². The van der Waals surface area contributed by atoms with Gasteiger partial charge in [0.05, 0.1) is 11.2 Å². The number of aromatic nitrogens is 4. The summed E-state index contributed by atoms with van der Waals surface area (Å²) in [6.07, 6.45) is 2.37. The van der Waals surface area contributed by atoms with Crippen LogP contribution in [-0.2, 0) is 6.42 Å². The van der Waals surface area contributed by atoms with Crippen LogP contribution in [0.15, 0.2) is 22.1 Å². The molecule has 0 unspecified atom stereocenters. The first-order chi connectivity index (χ1) is 8.20. The molecule has 3 aromatic heterocycles. The number of fused-ring (bicyclic) bond motifs is 1. The fourth-order valence-electron chi connectivity index (χ4n) is 1.58. The lowest BCUT2D eigenvalue weighted by atomic mass is 10.3. The van der Waals surface area contributed by atoms with Crippen LogP contribution in [0, 0.1) is 0 Å². The normalized spacial score (nSPS) is 11.1. The minimum Gasteiger partial charge on any atom is -0.375 e. The van der Waals surface area contributed by atoms with Gasteiger partial charge in [-0.1, -0.05) is 0 Å². The first-order valence-corrected chi connectivity index (χ1v) is 6.58. The number of hydrogen-bond donors (Lipinski definition) is 2. The van der Waals surface area contributed by atoms with Crippen molar-refractivity contribution >= 4 is 43.6 Å². The summed E-state index contributed by atoms with van der Waals surface area (Å²) in [5.41, 5.74) is 8.14. The molecule has 0 saturated carbocycles. The molecule has 3 N–H and O–H groups in total. The van der Waals surface area contributed by atoms with Crippen LogP contribution < -0.4 is 5.73 Å². The van der Waals surface area contributed by atoms with Crippen molar-refractivity contribution in [2.24, 2.45) is 0 Å². The van der Waals surface area contributed by atoms with Gasteiger partial charge in [0.1, 0.15) is 5.82 Å². The molecule has 0 bridgehead atoms. The third kappa shape index (κ3) is 2.16. The van der Waals surface area contributed by atoms with Crippen LogP contribution >= 0.6 is 27.3 Å². The molecule has 0 aliphatic heterocycles. The molecule has 5 nitrogen and oxygen atoms in total. The lowest BCUT2D eigenvalue weighted by Crippen LogP contribution is -1.91.